The van der Waals surface area contributed by atoms with Crippen LogP contribution in [0.2, 0.25) is 0 Å². The quantitative estimate of drug-likeness (QED) is 0.835. The molecule has 2 aliphatic rings. The molecule has 1 spiro atoms. The van der Waals surface area contributed by atoms with Crippen LogP contribution in [-0.4, -0.2) is 56.5 Å². The van der Waals surface area contributed by atoms with Crippen LogP contribution < -0.4 is 4.74 Å². The second-order valence-electron chi connectivity index (χ2n) is 8.01. The molecule has 0 N–H and O–H groups in total. The molecule has 1 fully saturated rings. The van der Waals surface area contributed by atoms with E-state index in [0.29, 0.717) is 25.7 Å². The van der Waals surface area contributed by atoms with Crippen molar-refractivity contribution in [2.24, 2.45) is 0 Å². The van der Waals surface area contributed by atoms with Gasteiger partial charge < -0.3 is 19.1 Å². The molecular formula is C21H28N4O2. The number of nitrogens with zero attached hydrogens (tertiary/aromatic N) is 4. The first-order valence-corrected chi connectivity index (χ1v) is 9.79. The summed E-state index contributed by atoms with van der Waals surface area (Å²) in [5.41, 5.74) is 0.780. The molecule has 1 saturated heterocycles. The van der Waals surface area contributed by atoms with E-state index in [0.717, 1.165) is 37.2 Å². The zero-order valence-corrected chi connectivity index (χ0v) is 16.2. The number of hydrogen-bond donors (Lipinski definition) is 0. The number of likely N-dealkylation sites (tertiary alicyclic amines) is 1. The van der Waals surface area contributed by atoms with E-state index < -0.39 is 0 Å². The first-order chi connectivity index (χ1) is 13.0. The minimum absolute atomic E-state index is 0.110. The summed E-state index contributed by atoms with van der Waals surface area (Å²) >= 11 is 0. The summed E-state index contributed by atoms with van der Waals surface area (Å²) < 4.78 is 8.42. The Morgan fingerprint density at radius 3 is 2.74 bits per heavy atom. The average Bonchev–Trinajstić information content (AvgIpc) is 3.10. The Hall–Kier alpha value is -2.34. The lowest BCUT2D eigenvalue weighted by Crippen LogP contribution is -2.55. The van der Waals surface area contributed by atoms with Crippen molar-refractivity contribution in [3.8, 4) is 5.75 Å². The fourth-order valence-corrected chi connectivity index (χ4v) is 4.13. The Morgan fingerprint density at radius 2 is 2.04 bits per heavy atom. The van der Waals surface area contributed by atoms with Crippen molar-refractivity contribution in [2.45, 2.75) is 51.4 Å². The Labute approximate surface area is 160 Å². The van der Waals surface area contributed by atoms with E-state index in [4.69, 9.17) is 4.74 Å². The predicted octanol–water partition coefficient (Wildman–Crippen LogP) is 2.55. The number of piperidine rings is 1. The normalized spacial score (nSPS) is 19.6. The topological polar surface area (TPSA) is 50.6 Å². The van der Waals surface area contributed by atoms with Gasteiger partial charge in [0.1, 0.15) is 17.9 Å². The average molecular weight is 368 g/mol. The van der Waals surface area contributed by atoms with Gasteiger partial charge in [-0.1, -0.05) is 18.2 Å². The molecule has 6 heteroatoms. The molecule has 2 aliphatic heterocycles. The van der Waals surface area contributed by atoms with E-state index in [1.54, 1.807) is 12.5 Å². The smallest absolute Gasteiger partial charge is 0.242 e. The van der Waals surface area contributed by atoms with Gasteiger partial charge >= 0.3 is 0 Å². The zero-order chi connectivity index (χ0) is 18.9. The van der Waals surface area contributed by atoms with Gasteiger partial charge in [-0.15, -0.1) is 0 Å². The highest BCUT2D eigenvalue weighted by atomic mass is 16.5. The maximum atomic E-state index is 13.0. The number of amides is 1. The highest BCUT2D eigenvalue weighted by molar-refractivity contribution is 5.76. The molecule has 0 atom stereocenters. The van der Waals surface area contributed by atoms with Gasteiger partial charge in [0, 0.05) is 56.5 Å². The highest BCUT2D eigenvalue weighted by Crippen LogP contribution is 2.36. The third-order valence-corrected chi connectivity index (χ3v) is 5.81. The Morgan fingerprint density at radius 1 is 1.26 bits per heavy atom. The molecule has 1 aromatic carbocycles. The molecule has 6 nitrogen and oxygen atoms in total. The first-order valence-electron chi connectivity index (χ1n) is 9.79. The molecule has 2 aromatic rings. The highest BCUT2D eigenvalue weighted by Gasteiger charge is 2.42. The lowest BCUT2D eigenvalue weighted by molar-refractivity contribution is -0.136. The summed E-state index contributed by atoms with van der Waals surface area (Å²) in [5, 5.41) is 0. The number of fused-ring (bicyclic) bond motifs is 1. The van der Waals surface area contributed by atoms with Gasteiger partial charge in [-0.05, 0) is 19.9 Å². The fourth-order valence-electron chi connectivity index (χ4n) is 4.13. The largest absolute Gasteiger partial charge is 0.485 e. The summed E-state index contributed by atoms with van der Waals surface area (Å²) in [5.74, 6) is 1.03. The van der Waals surface area contributed by atoms with Crippen LogP contribution in [0.5, 0.6) is 5.75 Å². The molecular weight excluding hydrogens is 340 g/mol. The maximum absolute atomic E-state index is 13.0. The standard InChI is InChI=1S/C21H28N4O2/c1-17(2)24-10-7-21(8-11-24)15-25(20(26)14-23-12-9-22-16-23)13-18-5-3-4-6-19(18)27-21/h3-6,9,12,16-17H,7-8,10-11,13-15H2,1-2H3. The van der Waals surface area contributed by atoms with Gasteiger partial charge in [-0.25, -0.2) is 4.98 Å². The molecule has 3 heterocycles. The Kier molecular flexibility index (Phi) is 4.91. The first kappa shape index (κ1) is 18.0. The molecule has 144 valence electrons. The van der Waals surface area contributed by atoms with Gasteiger partial charge in [0.05, 0.1) is 12.9 Å². The number of carbonyl (C=O) groups is 1. The number of rotatable bonds is 3. The van der Waals surface area contributed by atoms with Crippen molar-refractivity contribution in [3.63, 3.8) is 0 Å². The summed E-state index contributed by atoms with van der Waals surface area (Å²) in [6, 6.07) is 8.67. The molecule has 0 bridgehead atoms. The van der Waals surface area contributed by atoms with Crippen LogP contribution in [-0.2, 0) is 17.9 Å². The molecule has 1 aromatic heterocycles. The van der Waals surface area contributed by atoms with Gasteiger partial charge in [-0.3, -0.25) is 4.79 Å². The van der Waals surface area contributed by atoms with E-state index >= 15 is 0 Å². The Balaban J connectivity index is 1.58. The molecule has 0 saturated carbocycles. The van der Waals surface area contributed by atoms with Crippen molar-refractivity contribution < 1.29 is 9.53 Å². The van der Waals surface area contributed by atoms with E-state index in [2.05, 4.69) is 29.8 Å². The summed E-state index contributed by atoms with van der Waals surface area (Å²) in [6.07, 6.45) is 7.11. The fraction of sp³-hybridized carbons (Fsp3) is 0.524. The second kappa shape index (κ2) is 7.35. The summed E-state index contributed by atoms with van der Waals surface area (Å²) in [4.78, 5) is 21.5. The zero-order valence-electron chi connectivity index (χ0n) is 16.2. The van der Waals surface area contributed by atoms with Gasteiger partial charge in [0.25, 0.3) is 0 Å². The lowest BCUT2D eigenvalue weighted by atomic mass is 9.89. The van der Waals surface area contributed by atoms with E-state index in [1.807, 2.05) is 33.9 Å². The van der Waals surface area contributed by atoms with Crippen LogP contribution in [0.4, 0.5) is 0 Å². The third-order valence-electron chi connectivity index (χ3n) is 5.81. The van der Waals surface area contributed by atoms with Crippen LogP contribution in [0.1, 0.15) is 32.3 Å². The van der Waals surface area contributed by atoms with Gasteiger partial charge in [0.15, 0.2) is 0 Å². The van der Waals surface area contributed by atoms with Crippen LogP contribution >= 0.6 is 0 Å². The number of ether oxygens (including phenoxy) is 1. The minimum atomic E-state index is -0.303. The molecule has 0 aliphatic carbocycles. The minimum Gasteiger partial charge on any atom is -0.485 e. The molecule has 1 amide bonds. The van der Waals surface area contributed by atoms with Crippen LogP contribution in [0.15, 0.2) is 43.0 Å². The van der Waals surface area contributed by atoms with Crippen molar-refractivity contribution >= 4 is 5.91 Å². The predicted molar refractivity (Wildman–Crippen MR) is 103 cm³/mol. The molecule has 0 radical (unpaired) electrons. The number of hydrogen-bond acceptors (Lipinski definition) is 4. The molecule has 27 heavy (non-hydrogen) atoms. The van der Waals surface area contributed by atoms with Crippen molar-refractivity contribution in [2.75, 3.05) is 19.6 Å². The van der Waals surface area contributed by atoms with Crippen LogP contribution in [0, 0.1) is 0 Å². The van der Waals surface area contributed by atoms with E-state index in [9.17, 15) is 4.79 Å². The summed E-state index contributed by atoms with van der Waals surface area (Å²) in [7, 11) is 0. The van der Waals surface area contributed by atoms with Crippen molar-refractivity contribution in [1.29, 1.82) is 0 Å². The maximum Gasteiger partial charge on any atom is 0.242 e. The van der Waals surface area contributed by atoms with E-state index in [1.165, 1.54) is 0 Å². The summed E-state index contributed by atoms with van der Waals surface area (Å²) in [6.45, 7) is 8.04. The lowest BCUT2D eigenvalue weighted by Gasteiger charge is -2.44. The number of aromatic nitrogens is 2. The molecule has 4 rings (SSSR count). The molecule has 0 unspecified atom stereocenters. The van der Waals surface area contributed by atoms with Crippen LogP contribution in [0.25, 0.3) is 0 Å². The number of imidazole rings is 1. The number of para-hydroxylation sites is 1. The monoisotopic (exact) mass is 368 g/mol. The Bertz CT molecular complexity index is 779. The second-order valence-corrected chi connectivity index (χ2v) is 8.01. The van der Waals surface area contributed by atoms with Gasteiger partial charge in [0.2, 0.25) is 5.91 Å². The SMILES string of the molecule is CC(C)N1CCC2(CC1)CN(C(=O)Cn1ccnc1)Cc1ccccc1O2. The number of benzene rings is 1. The van der Waals surface area contributed by atoms with Crippen LogP contribution in [0.3, 0.4) is 0 Å². The third kappa shape index (κ3) is 3.86. The number of carbonyl (C=O) groups excluding carboxylic acids is 1. The van der Waals surface area contributed by atoms with Crippen molar-refractivity contribution in [3.05, 3.63) is 48.5 Å². The van der Waals surface area contributed by atoms with E-state index in [-0.39, 0.29) is 11.5 Å². The van der Waals surface area contributed by atoms with Gasteiger partial charge in [-0.2, -0.15) is 0 Å². The van der Waals surface area contributed by atoms with Crippen molar-refractivity contribution in [1.82, 2.24) is 19.4 Å².